The van der Waals surface area contributed by atoms with Crippen molar-refractivity contribution in [2.45, 2.75) is 18.6 Å². The van der Waals surface area contributed by atoms with E-state index >= 15 is 0 Å². The highest BCUT2D eigenvalue weighted by Crippen LogP contribution is 2.21. The van der Waals surface area contributed by atoms with Gasteiger partial charge in [-0.15, -0.1) is 16.8 Å². The molecular formula is C14H15BrN4OS. The summed E-state index contributed by atoms with van der Waals surface area (Å²) in [5, 5.41) is 11.4. The van der Waals surface area contributed by atoms with E-state index in [1.807, 2.05) is 29.7 Å². The van der Waals surface area contributed by atoms with Gasteiger partial charge in [0.15, 0.2) is 5.16 Å². The number of allylic oxidation sites excluding steroid dienone is 1. The third-order valence-electron chi connectivity index (χ3n) is 2.70. The molecule has 0 fully saturated rings. The lowest BCUT2D eigenvalue weighted by atomic mass is 10.2. The molecule has 2 rings (SSSR count). The summed E-state index contributed by atoms with van der Waals surface area (Å²) in [6.45, 7) is 6.26. The highest BCUT2D eigenvalue weighted by molar-refractivity contribution is 9.10. The first kappa shape index (κ1) is 15.8. The number of hydrogen-bond acceptors (Lipinski definition) is 4. The van der Waals surface area contributed by atoms with Crippen LogP contribution in [0.2, 0.25) is 0 Å². The third-order valence-corrected chi connectivity index (χ3v) is 4.17. The lowest BCUT2D eigenvalue weighted by molar-refractivity contribution is -0.113. The zero-order valence-electron chi connectivity index (χ0n) is 11.5. The Kier molecular flexibility index (Phi) is 5.58. The number of anilines is 1. The summed E-state index contributed by atoms with van der Waals surface area (Å²) in [6.07, 6.45) is 3.39. The summed E-state index contributed by atoms with van der Waals surface area (Å²) in [6, 6.07) is 5.74. The molecule has 5 nitrogen and oxygen atoms in total. The Morgan fingerprint density at radius 1 is 1.57 bits per heavy atom. The highest BCUT2D eigenvalue weighted by Gasteiger charge is 2.09. The molecule has 0 spiro atoms. The Morgan fingerprint density at radius 3 is 3.10 bits per heavy atom. The average Bonchev–Trinajstić information content (AvgIpc) is 2.88. The van der Waals surface area contributed by atoms with Crippen molar-refractivity contribution in [2.75, 3.05) is 11.1 Å². The van der Waals surface area contributed by atoms with Crippen LogP contribution in [0.3, 0.4) is 0 Å². The second kappa shape index (κ2) is 7.42. The summed E-state index contributed by atoms with van der Waals surface area (Å²) in [7, 11) is 0. The molecule has 1 aromatic heterocycles. The van der Waals surface area contributed by atoms with Crippen LogP contribution in [0.15, 0.2) is 46.8 Å². The van der Waals surface area contributed by atoms with Crippen molar-refractivity contribution in [3.8, 4) is 0 Å². The van der Waals surface area contributed by atoms with Crippen LogP contribution in [0.4, 0.5) is 5.69 Å². The monoisotopic (exact) mass is 366 g/mol. The number of thioether (sulfide) groups is 1. The second-order valence-corrected chi connectivity index (χ2v) is 6.21. The maximum Gasteiger partial charge on any atom is 0.234 e. The smallest absolute Gasteiger partial charge is 0.234 e. The van der Waals surface area contributed by atoms with Crippen LogP contribution >= 0.6 is 27.7 Å². The number of nitrogens with one attached hydrogen (secondary N) is 1. The topological polar surface area (TPSA) is 59.8 Å². The van der Waals surface area contributed by atoms with Gasteiger partial charge in [0.05, 0.1) is 5.75 Å². The van der Waals surface area contributed by atoms with Crippen molar-refractivity contribution in [1.82, 2.24) is 14.8 Å². The fourth-order valence-electron chi connectivity index (χ4n) is 1.70. The molecule has 21 heavy (non-hydrogen) atoms. The van der Waals surface area contributed by atoms with Crippen molar-refractivity contribution >= 4 is 39.3 Å². The minimum Gasteiger partial charge on any atom is -0.325 e. The van der Waals surface area contributed by atoms with Gasteiger partial charge in [-0.2, -0.15) is 0 Å². The van der Waals surface area contributed by atoms with E-state index in [1.54, 1.807) is 12.4 Å². The number of halogens is 1. The Balaban J connectivity index is 1.92. The van der Waals surface area contributed by atoms with Gasteiger partial charge in [-0.3, -0.25) is 4.79 Å². The predicted octanol–water partition coefficient (Wildman–Crippen LogP) is 3.27. The fourth-order valence-corrected chi connectivity index (χ4v) is 2.90. The zero-order valence-corrected chi connectivity index (χ0v) is 13.9. The molecule has 0 saturated carbocycles. The van der Waals surface area contributed by atoms with Gasteiger partial charge in [-0.05, 0) is 30.7 Å². The van der Waals surface area contributed by atoms with E-state index in [0.717, 1.165) is 15.7 Å². The number of rotatable bonds is 6. The molecule has 2 aromatic rings. The number of aryl methyl sites for hydroxylation is 1. The molecule has 110 valence electrons. The first-order valence-corrected chi connectivity index (χ1v) is 8.05. The second-order valence-electron chi connectivity index (χ2n) is 4.35. The number of benzene rings is 1. The van der Waals surface area contributed by atoms with Gasteiger partial charge < -0.3 is 9.88 Å². The lowest BCUT2D eigenvalue weighted by Crippen LogP contribution is -2.15. The van der Waals surface area contributed by atoms with Gasteiger partial charge in [-0.1, -0.05) is 33.8 Å². The average molecular weight is 367 g/mol. The van der Waals surface area contributed by atoms with Crippen molar-refractivity contribution in [2.24, 2.45) is 0 Å². The predicted molar refractivity (Wildman–Crippen MR) is 88.5 cm³/mol. The van der Waals surface area contributed by atoms with E-state index in [2.05, 4.69) is 38.0 Å². The minimum absolute atomic E-state index is 0.0708. The van der Waals surface area contributed by atoms with E-state index in [0.29, 0.717) is 11.7 Å². The Labute approximate surface area is 136 Å². The van der Waals surface area contributed by atoms with E-state index in [9.17, 15) is 4.79 Å². The molecule has 0 saturated heterocycles. The van der Waals surface area contributed by atoms with E-state index < -0.39 is 0 Å². The number of carbonyl (C=O) groups is 1. The normalized spacial score (nSPS) is 10.4. The molecule has 0 aliphatic carbocycles. The summed E-state index contributed by atoms with van der Waals surface area (Å²) >= 11 is 4.75. The standard InChI is InChI=1S/C14H15BrN4OS/c1-3-6-19-9-16-18-14(19)21-8-13(20)17-12-5-4-11(15)7-10(12)2/h3-5,7,9H,1,6,8H2,2H3,(H,17,20). The minimum atomic E-state index is -0.0708. The van der Waals surface area contributed by atoms with E-state index in [4.69, 9.17) is 0 Å². The fraction of sp³-hybridized carbons (Fsp3) is 0.214. The number of amides is 1. The van der Waals surface area contributed by atoms with Crippen LogP contribution < -0.4 is 5.32 Å². The summed E-state index contributed by atoms with van der Waals surface area (Å²) in [5.74, 6) is 0.212. The number of hydrogen-bond donors (Lipinski definition) is 1. The molecule has 0 atom stereocenters. The van der Waals surface area contributed by atoms with Crippen LogP contribution in [0.25, 0.3) is 0 Å². The van der Waals surface area contributed by atoms with Gasteiger partial charge in [0.25, 0.3) is 0 Å². The summed E-state index contributed by atoms with van der Waals surface area (Å²) < 4.78 is 2.83. The molecule has 7 heteroatoms. The van der Waals surface area contributed by atoms with Crippen LogP contribution in [0.1, 0.15) is 5.56 Å². The van der Waals surface area contributed by atoms with Gasteiger partial charge in [0.1, 0.15) is 6.33 Å². The maximum absolute atomic E-state index is 12.0. The number of aromatic nitrogens is 3. The molecule has 0 aliphatic rings. The third kappa shape index (κ3) is 4.44. The van der Waals surface area contributed by atoms with Crippen molar-refractivity contribution in [3.63, 3.8) is 0 Å². The highest BCUT2D eigenvalue weighted by atomic mass is 79.9. The molecule has 1 heterocycles. The van der Waals surface area contributed by atoms with Crippen molar-refractivity contribution in [1.29, 1.82) is 0 Å². The lowest BCUT2D eigenvalue weighted by Gasteiger charge is -2.08. The number of nitrogens with zero attached hydrogens (tertiary/aromatic N) is 3. The van der Waals surface area contributed by atoms with Crippen molar-refractivity contribution < 1.29 is 4.79 Å². The summed E-state index contributed by atoms with van der Waals surface area (Å²) in [4.78, 5) is 12.0. The first-order valence-electron chi connectivity index (χ1n) is 6.27. The number of carbonyl (C=O) groups excluding carboxylic acids is 1. The first-order chi connectivity index (χ1) is 10.1. The molecule has 1 N–H and O–H groups in total. The Morgan fingerprint density at radius 2 is 2.38 bits per heavy atom. The molecule has 0 bridgehead atoms. The van der Waals surface area contributed by atoms with Crippen LogP contribution in [0, 0.1) is 6.92 Å². The van der Waals surface area contributed by atoms with Gasteiger partial charge in [-0.25, -0.2) is 0 Å². The summed E-state index contributed by atoms with van der Waals surface area (Å²) in [5.41, 5.74) is 1.83. The molecule has 0 radical (unpaired) electrons. The zero-order chi connectivity index (χ0) is 15.2. The van der Waals surface area contributed by atoms with E-state index in [-0.39, 0.29) is 11.7 Å². The van der Waals surface area contributed by atoms with Crippen LogP contribution in [0.5, 0.6) is 0 Å². The molecule has 1 aromatic carbocycles. The quantitative estimate of drug-likeness (QED) is 0.629. The SMILES string of the molecule is C=CCn1cnnc1SCC(=O)Nc1ccc(Br)cc1C. The van der Waals surface area contributed by atoms with Gasteiger partial charge in [0, 0.05) is 16.7 Å². The molecule has 0 unspecified atom stereocenters. The van der Waals surface area contributed by atoms with Gasteiger partial charge >= 0.3 is 0 Å². The molecule has 0 aliphatic heterocycles. The Hall–Kier alpha value is -1.60. The Bertz CT molecular complexity index is 656. The maximum atomic E-state index is 12.0. The van der Waals surface area contributed by atoms with Gasteiger partial charge in [0.2, 0.25) is 5.91 Å². The van der Waals surface area contributed by atoms with Crippen LogP contribution in [-0.2, 0) is 11.3 Å². The van der Waals surface area contributed by atoms with Crippen molar-refractivity contribution in [3.05, 3.63) is 47.2 Å². The molecular weight excluding hydrogens is 352 g/mol. The largest absolute Gasteiger partial charge is 0.325 e. The van der Waals surface area contributed by atoms with E-state index in [1.165, 1.54) is 11.8 Å². The molecule has 1 amide bonds. The van der Waals surface area contributed by atoms with Crippen LogP contribution in [-0.4, -0.2) is 26.4 Å².